The Kier molecular flexibility index (Phi) is 8.52. The molecule has 0 aromatic carbocycles. The summed E-state index contributed by atoms with van der Waals surface area (Å²) in [6, 6.07) is 2.04. The zero-order valence-corrected chi connectivity index (χ0v) is 15.0. The van der Waals surface area contributed by atoms with Gasteiger partial charge >= 0.3 is 11.0 Å². The molecule has 1 heterocycles. The first-order valence-electron chi connectivity index (χ1n) is 6.49. The van der Waals surface area contributed by atoms with E-state index in [4.69, 9.17) is 4.74 Å². The lowest BCUT2D eigenvalue weighted by molar-refractivity contribution is -0.776. The first-order valence-corrected chi connectivity index (χ1v) is 9.37. The number of hydrogen-bond donors (Lipinski definition) is 0. The average Bonchev–Trinajstić information content (AvgIpc) is 2.89. The largest absolute Gasteiger partial charge is 0.480 e. The Morgan fingerprint density at radius 1 is 1.04 bits per heavy atom. The van der Waals surface area contributed by atoms with Crippen LogP contribution in [0.3, 0.4) is 0 Å². The minimum absolute atomic E-state index is 0.772. The number of nitrogens with zero attached hydrogens (tertiary/aromatic N) is 3. The van der Waals surface area contributed by atoms with Crippen LogP contribution in [0.2, 0.25) is 0 Å². The number of methoxy groups -OCH3 is 1. The number of halogens is 6. The molecule has 154 valence electrons. The number of sulfonamides is 2. The molecule has 0 aliphatic carbocycles. The standard InChI is InChI=1S/C8H15N2O.C2F6NO4S2/c1-3-9-5-4-6-10(9)7-8-11-2;3-1(4,5)14(10,11)9-15(12,13)2(6,7)8/h4-6H,3,7-8H2,1-2H3;/q+1;-1. The van der Waals surface area contributed by atoms with Crippen LogP contribution >= 0.6 is 0 Å². The zero-order valence-electron chi connectivity index (χ0n) is 13.3. The Morgan fingerprint density at radius 2 is 1.50 bits per heavy atom. The lowest BCUT2D eigenvalue weighted by Crippen LogP contribution is -2.43. The summed E-state index contributed by atoms with van der Waals surface area (Å²) in [6.45, 7) is 4.84. The van der Waals surface area contributed by atoms with Crippen molar-refractivity contribution in [2.24, 2.45) is 0 Å². The minimum atomic E-state index is -6.72. The summed E-state index contributed by atoms with van der Waals surface area (Å²) in [5, 5.41) is 0. The highest BCUT2D eigenvalue weighted by Crippen LogP contribution is 2.36. The fraction of sp³-hybridized carbons (Fsp3) is 0.700. The van der Waals surface area contributed by atoms with Crippen LogP contribution in [0.1, 0.15) is 6.92 Å². The molecule has 0 radical (unpaired) electrons. The van der Waals surface area contributed by atoms with Gasteiger partial charge in [0, 0.05) is 13.2 Å². The molecule has 0 aliphatic heterocycles. The van der Waals surface area contributed by atoms with Gasteiger partial charge in [-0.3, -0.25) is 0 Å². The van der Waals surface area contributed by atoms with Crippen molar-refractivity contribution in [3.05, 3.63) is 22.6 Å². The average molecular weight is 435 g/mol. The predicted molar refractivity (Wildman–Crippen MR) is 75.5 cm³/mol. The van der Waals surface area contributed by atoms with Crippen molar-refractivity contribution in [1.82, 2.24) is 4.68 Å². The normalized spacial score (nSPS) is 13.2. The van der Waals surface area contributed by atoms with E-state index in [1.54, 1.807) is 7.11 Å². The van der Waals surface area contributed by atoms with E-state index in [2.05, 4.69) is 28.7 Å². The maximum atomic E-state index is 11.4. The highest BCUT2D eigenvalue weighted by atomic mass is 32.3. The summed E-state index contributed by atoms with van der Waals surface area (Å²) in [6.07, 6.45) is 4.12. The fourth-order valence-corrected chi connectivity index (χ4v) is 3.01. The Bertz CT molecular complexity index is 728. The van der Waals surface area contributed by atoms with Gasteiger partial charge in [-0.15, -0.1) is 4.68 Å². The number of aromatic nitrogens is 2. The summed E-state index contributed by atoms with van der Waals surface area (Å²) >= 11 is 0. The van der Waals surface area contributed by atoms with E-state index in [0.29, 0.717) is 0 Å². The molecule has 1 aromatic rings. The van der Waals surface area contributed by atoms with Crippen LogP contribution in [0.25, 0.3) is 4.13 Å². The third-order valence-corrected chi connectivity index (χ3v) is 5.22. The van der Waals surface area contributed by atoms with Crippen molar-refractivity contribution >= 4 is 20.0 Å². The van der Waals surface area contributed by atoms with Gasteiger partial charge in [0.15, 0.2) is 32.8 Å². The molecule has 16 heteroatoms. The van der Waals surface area contributed by atoms with Crippen molar-refractivity contribution in [2.75, 3.05) is 13.7 Å². The summed E-state index contributed by atoms with van der Waals surface area (Å²) in [4.78, 5) is 0. The molecule has 0 aliphatic rings. The van der Waals surface area contributed by atoms with Crippen LogP contribution in [0.4, 0.5) is 26.3 Å². The van der Waals surface area contributed by atoms with Crippen LogP contribution in [-0.4, -0.2) is 46.3 Å². The van der Waals surface area contributed by atoms with Crippen LogP contribution in [0.15, 0.2) is 18.5 Å². The van der Waals surface area contributed by atoms with Gasteiger partial charge in [0.05, 0.1) is 12.7 Å². The lowest BCUT2D eigenvalue weighted by atomic mass is 10.7. The molecule has 0 amide bonds. The van der Waals surface area contributed by atoms with E-state index >= 15 is 0 Å². The number of ether oxygens (including phenoxy) is 1. The first kappa shape index (κ1) is 24.6. The van der Waals surface area contributed by atoms with Crippen LogP contribution in [0.5, 0.6) is 0 Å². The lowest BCUT2D eigenvalue weighted by Gasteiger charge is -2.22. The number of aryl methyl sites for hydroxylation is 1. The van der Waals surface area contributed by atoms with Gasteiger partial charge in [-0.25, -0.2) is 16.8 Å². The second kappa shape index (κ2) is 9.01. The molecule has 8 nitrogen and oxygen atoms in total. The molecule has 1 aromatic heterocycles. The molecular formula is C10H15F6N3O5S2. The molecule has 0 saturated carbocycles. The Balaban J connectivity index is 0.000000502. The summed E-state index contributed by atoms with van der Waals surface area (Å²) < 4.78 is 118. The van der Waals surface area contributed by atoms with Gasteiger partial charge in [0.2, 0.25) is 0 Å². The van der Waals surface area contributed by atoms with E-state index in [9.17, 15) is 43.2 Å². The minimum Gasteiger partial charge on any atom is -0.421 e. The molecule has 1 rings (SSSR count). The van der Waals surface area contributed by atoms with E-state index < -0.39 is 31.1 Å². The Morgan fingerprint density at radius 3 is 1.85 bits per heavy atom. The van der Waals surface area contributed by atoms with Crippen molar-refractivity contribution in [3.8, 4) is 0 Å². The molecule has 0 saturated heterocycles. The Labute approximate surface area is 145 Å². The van der Waals surface area contributed by atoms with E-state index in [1.807, 2.05) is 6.07 Å². The molecule has 0 bridgehead atoms. The highest BCUT2D eigenvalue weighted by Gasteiger charge is 2.46. The van der Waals surface area contributed by atoms with Crippen molar-refractivity contribution in [1.29, 1.82) is 0 Å². The molecule has 0 unspecified atom stereocenters. The van der Waals surface area contributed by atoms with Crippen molar-refractivity contribution in [2.45, 2.75) is 31.0 Å². The maximum Gasteiger partial charge on any atom is 0.480 e. The molecular weight excluding hydrogens is 420 g/mol. The molecule has 0 fully saturated rings. The van der Waals surface area contributed by atoms with Gasteiger partial charge in [-0.1, -0.05) is 0 Å². The molecule has 26 heavy (non-hydrogen) atoms. The Hall–Kier alpha value is -1.39. The number of rotatable bonds is 6. The monoisotopic (exact) mass is 435 g/mol. The number of hydrogen-bond acceptors (Lipinski definition) is 5. The first-order chi connectivity index (χ1) is 11.6. The van der Waals surface area contributed by atoms with Gasteiger partial charge in [-0.2, -0.15) is 31.0 Å². The zero-order chi connectivity index (χ0) is 20.8. The molecule has 0 atom stereocenters. The third kappa shape index (κ3) is 7.08. The quantitative estimate of drug-likeness (QED) is 0.498. The van der Waals surface area contributed by atoms with E-state index in [-0.39, 0.29) is 0 Å². The summed E-state index contributed by atoms with van der Waals surface area (Å²) in [5.41, 5.74) is -12.4. The second-order valence-corrected chi connectivity index (χ2v) is 7.74. The van der Waals surface area contributed by atoms with Gasteiger partial charge in [0.25, 0.3) is 0 Å². The van der Waals surface area contributed by atoms with Gasteiger partial charge in [0.1, 0.15) is 6.61 Å². The van der Waals surface area contributed by atoms with Crippen LogP contribution < -0.4 is 4.68 Å². The van der Waals surface area contributed by atoms with Crippen molar-refractivity contribution in [3.63, 3.8) is 0 Å². The maximum absolute atomic E-state index is 11.4. The molecule has 0 N–H and O–H groups in total. The van der Waals surface area contributed by atoms with E-state index in [0.717, 1.165) is 23.8 Å². The van der Waals surface area contributed by atoms with Crippen LogP contribution in [-0.2, 0) is 37.9 Å². The van der Waals surface area contributed by atoms with Crippen molar-refractivity contribution < 1.29 is 52.6 Å². The van der Waals surface area contributed by atoms with Gasteiger partial charge in [-0.05, 0) is 6.92 Å². The highest BCUT2D eigenvalue weighted by molar-refractivity contribution is 8.13. The van der Waals surface area contributed by atoms with Crippen LogP contribution in [0, 0.1) is 0 Å². The predicted octanol–water partition coefficient (Wildman–Crippen LogP) is 1.50. The fourth-order valence-electron chi connectivity index (χ4n) is 1.30. The molecule has 0 spiro atoms. The smallest absolute Gasteiger partial charge is 0.421 e. The third-order valence-electron chi connectivity index (χ3n) is 2.48. The summed E-state index contributed by atoms with van der Waals surface area (Å²) in [7, 11) is -11.7. The topological polar surface area (TPSA) is 100 Å². The summed E-state index contributed by atoms with van der Waals surface area (Å²) in [5.74, 6) is 0. The number of alkyl halides is 6. The SMILES string of the molecule is CCn1ccc[n+]1CCOC.O=S(=O)([N-]S(=O)(=O)C(F)(F)F)C(F)(F)F. The van der Waals surface area contributed by atoms with E-state index in [1.165, 1.54) is 0 Å². The van der Waals surface area contributed by atoms with Gasteiger partial charge < -0.3 is 8.86 Å². The second-order valence-electron chi connectivity index (χ2n) is 4.32.